The first-order valence-corrected chi connectivity index (χ1v) is 4.22. The molecule has 0 amide bonds. The molecule has 0 unspecified atom stereocenters. The largest absolute Gasteiger partial charge is 0.427 e. The molecule has 0 saturated heterocycles. The summed E-state index contributed by atoms with van der Waals surface area (Å²) in [7, 11) is 3.18. The smallest absolute Gasteiger partial charge is 0.395 e. The van der Waals surface area contributed by atoms with Crippen LogP contribution in [0.4, 0.5) is 0 Å². The van der Waals surface area contributed by atoms with Gasteiger partial charge in [0, 0.05) is 20.2 Å². The maximum Gasteiger partial charge on any atom is 0.395 e. The molecule has 1 aromatic rings. The molecule has 0 saturated carbocycles. The standard InChI is InChI=1S/C9H14BN2O/c1-13-10-12-7-9-4-2-3-8(5-9)6-11/h2-5,12H,6-7,11H2,1H3. The van der Waals surface area contributed by atoms with E-state index in [4.69, 9.17) is 10.4 Å². The van der Waals surface area contributed by atoms with Crippen LogP contribution >= 0.6 is 0 Å². The van der Waals surface area contributed by atoms with Gasteiger partial charge in [-0.15, -0.1) is 0 Å². The molecule has 0 atom stereocenters. The summed E-state index contributed by atoms with van der Waals surface area (Å²) in [5, 5.41) is 3.01. The minimum atomic E-state index is 0.585. The van der Waals surface area contributed by atoms with Crippen LogP contribution in [0.2, 0.25) is 0 Å². The van der Waals surface area contributed by atoms with Gasteiger partial charge in [-0.05, 0) is 11.1 Å². The molecular formula is C9H14BN2O. The molecule has 0 fully saturated rings. The number of benzene rings is 1. The average molecular weight is 177 g/mol. The summed E-state index contributed by atoms with van der Waals surface area (Å²) < 4.78 is 4.76. The lowest BCUT2D eigenvalue weighted by molar-refractivity contribution is 0.430. The number of hydrogen-bond donors (Lipinski definition) is 2. The van der Waals surface area contributed by atoms with Crippen molar-refractivity contribution in [3.8, 4) is 0 Å². The highest BCUT2D eigenvalue weighted by molar-refractivity contribution is 6.23. The van der Waals surface area contributed by atoms with Crippen molar-refractivity contribution in [1.82, 2.24) is 5.23 Å². The summed E-state index contributed by atoms with van der Waals surface area (Å²) in [5.41, 5.74) is 7.88. The SMILES string of the molecule is CO[B]NCc1cccc(CN)c1. The van der Waals surface area contributed by atoms with Crippen LogP contribution in [0.25, 0.3) is 0 Å². The molecule has 0 aromatic heterocycles. The lowest BCUT2D eigenvalue weighted by atomic mass is 10.1. The maximum absolute atomic E-state index is 5.52. The van der Waals surface area contributed by atoms with E-state index in [1.165, 1.54) is 5.56 Å². The van der Waals surface area contributed by atoms with Crippen LogP contribution in [0.5, 0.6) is 0 Å². The Kier molecular flexibility index (Phi) is 4.53. The van der Waals surface area contributed by atoms with Crippen molar-refractivity contribution in [2.24, 2.45) is 5.73 Å². The molecule has 69 valence electrons. The molecule has 1 rings (SSSR count). The molecule has 3 N–H and O–H groups in total. The van der Waals surface area contributed by atoms with Crippen molar-refractivity contribution in [3.05, 3.63) is 35.4 Å². The Bertz CT molecular complexity index is 255. The normalized spacial score (nSPS) is 10.0. The van der Waals surface area contributed by atoms with Gasteiger partial charge in [0.1, 0.15) is 0 Å². The fourth-order valence-electron chi connectivity index (χ4n) is 1.11. The van der Waals surface area contributed by atoms with Crippen LogP contribution in [0, 0.1) is 0 Å². The fraction of sp³-hybridized carbons (Fsp3) is 0.333. The number of nitrogens with two attached hydrogens (primary N) is 1. The van der Waals surface area contributed by atoms with Gasteiger partial charge in [0.25, 0.3) is 0 Å². The van der Waals surface area contributed by atoms with Crippen molar-refractivity contribution in [2.45, 2.75) is 13.1 Å². The Labute approximate surface area is 79.6 Å². The minimum absolute atomic E-state index is 0.585. The van der Waals surface area contributed by atoms with Gasteiger partial charge in [0.2, 0.25) is 0 Å². The fourth-order valence-corrected chi connectivity index (χ4v) is 1.11. The Balaban J connectivity index is 2.46. The second kappa shape index (κ2) is 5.75. The van der Waals surface area contributed by atoms with E-state index in [-0.39, 0.29) is 0 Å². The topological polar surface area (TPSA) is 47.3 Å². The maximum atomic E-state index is 5.52. The Morgan fingerprint density at radius 1 is 1.46 bits per heavy atom. The lowest BCUT2D eigenvalue weighted by Crippen LogP contribution is -2.20. The molecule has 4 heteroatoms. The molecule has 0 aliphatic rings. The second-order valence-corrected chi connectivity index (χ2v) is 2.76. The van der Waals surface area contributed by atoms with Crippen molar-refractivity contribution in [3.63, 3.8) is 0 Å². The summed E-state index contributed by atoms with van der Waals surface area (Å²) in [6.07, 6.45) is 0. The van der Waals surface area contributed by atoms with Gasteiger partial charge in [-0.1, -0.05) is 24.3 Å². The molecule has 0 bridgehead atoms. The minimum Gasteiger partial charge on any atom is -0.427 e. The van der Waals surface area contributed by atoms with Gasteiger partial charge >= 0.3 is 7.62 Å². The highest BCUT2D eigenvalue weighted by Crippen LogP contribution is 2.03. The second-order valence-electron chi connectivity index (χ2n) is 2.76. The predicted molar refractivity (Wildman–Crippen MR) is 53.9 cm³/mol. The number of nitrogens with one attached hydrogen (secondary N) is 1. The van der Waals surface area contributed by atoms with E-state index in [1.54, 1.807) is 14.7 Å². The predicted octanol–water partition coefficient (Wildman–Crippen LogP) is 0.415. The van der Waals surface area contributed by atoms with Crippen LogP contribution in [-0.2, 0) is 17.7 Å². The van der Waals surface area contributed by atoms with E-state index in [0.29, 0.717) is 6.54 Å². The van der Waals surface area contributed by atoms with Gasteiger partial charge < -0.3 is 15.6 Å². The number of rotatable bonds is 5. The quantitative estimate of drug-likeness (QED) is 0.506. The highest BCUT2D eigenvalue weighted by atomic mass is 16.4. The van der Waals surface area contributed by atoms with E-state index in [9.17, 15) is 0 Å². The molecule has 1 radical (unpaired) electrons. The van der Waals surface area contributed by atoms with Gasteiger partial charge in [0.05, 0.1) is 0 Å². The van der Waals surface area contributed by atoms with Crippen LogP contribution in [0.3, 0.4) is 0 Å². The molecule has 1 aromatic carbocycles. The third-order valence-electron chi connectivity index (χ3n) is 1.73. The molecule has 0 heterocycles. The lowest BCUT2D eigenvalue weighted by Gasteiger charge is -2.03. The first-order chi connectivity index (χ1) is 6.36. The molecule has 0 aliphatic carbocycles. The van der Waals surface area contributed by atoms with Gasteiger partial charge in [-0.3, -0.25) is 0 Å². The Morgan fingerprint density at radius 2 is 2.23 bits per heavy atom. The highest BCUT2D eigenvalue weighted by Gasteiger charge is 1.94. The van der Waals surface area contributed by atoms with E-state index < -0.39 is 0 Å². The van der Waals surface area contributed by atoms with Crippen molar-refractivity contribution in [2.75, 3.05) is 7.11 Å². The van der Waals surface area contributed by atoms with Crippen LogP contribution in [0.15, 0.2) is 24.3 Å². The summed E-state index contributed by atoms with van der Waals surface area (Å²) >= 11 is 0. The first kappa shape index (κ1) is 10.2. The Morgan fingerprint density at radius 3 is 2.92 bits per heavy atom. The van der Waals surface area contributed by atoms with Gasteiger partial charge in [-0.25, -0.2) is 0 Å². The van der Waals surface area contributed by atoms with Crippen LogP contribution in [-0.4, -0.2) is 14.7 Å². The third kappa shape index (κ3) is 3.59. The molecule has 0 aliphatic heterocycles. The van der Waals surface area contributed by atoms with E-state index >= 15 is 0 Å². The Hall–Kier alpha value is -0.835. The van der Waals surface area contributed by atoms with Crippen LogP contribution < -0.4 is 11.0 Å². The summed E-state index contributed by atoms with van der Waals surface area (Å²) in [4.78, 5) is 0. The zero-order chi connectivity index (χ0) is 9.52. The molecule has 13 heavy (non-hydrogen) atoms. The van der Waals surface area contributed by atoms with Crippen LogP contribution in [0.1, 0.15) is 11.1 Å². The summed E-state index contributed by atoms with van der Waals surface area (Å²) in [6, 6.07) is 8.15. The van der Waals surface area contributed by atoms with E-state index in [1.807, 2.05) is 12.1 Å². The molecule has 3 nitrogen and oxygen atoms in total. The third-order valence-corrected chi connectivity index (χ3v) is 1.73. The van der Waals surface area contributed by atoms with Gasteiger partial charge in [0.15, 0.2) is 0 Å². The van der Waals surface area contributed by atoms with E-state index in [2.05, 4.69) is 17.4 Å². The monoisotopic (exact) mass is 177 g/mol. The molecular weight excluding hydrogens is 163 g/mol. The molecule has 0 spiro atoms. The number of hydrogen-bond acceptors (Lipinski definition) is 3. The first-order valence-electron chi connectivity index (χ1n) is 4.22. The average Bonchev–Trinajstić information content (AvgIpc) is 2.19. The zero-order valence-electron chi connectivity index (χ0n) is 7.79. The zero-order valence-corrected chi connectivity index (χ0v) is 7.79. The van der Waals surface area contributed by atoms with Crippen molar-refractivity contribution >= 4 is 7.62 Å². The van der Waals surface area contributed by atoms with Gasteiger partial charge in [-0.2, -0.15) is 0 Å². The summed E-state index contributed by atoms with van der Waals surface area (Å²) in [5.74, 6) is 0. The van der Waals surface area contributed by atoms with Crippen molar-refractivity contribution in [1.29, 1.82) is 0 Å². The summed E-state index contributed by atoms with van der Waals surface area (Å²) in [6.45, 7) is 1.35. The van der Waals surface area contributed by atoms with E-state index in [0.717, 1.165) is 12.1 Å². The van der Waals surface area contributed by atoms with Crippen molar-refractivity contribution < 1.29 is 4.65 Å².